The lowest BCUT2D eigenvalue weighted by Crippen LogP contribution is -2.41. The molecule has 1 atom stereocenters. The van der Waals surface area contributed by atoms with Crippen LogP contribution in [0.5, 0.6) is 5.75 Å². The second-order valence-corrected chi connectivity index (χ2v) is 9.67. The molecule has 0 bridgehead atoms. The third-order valence-corrected chi connectivity index (χ3v) is 7.08. The number of methoxy groups -OCH3 is 1. The predicted molar refractivity (Wildman–Crippen MR) is 141 cm³/mol. The van der Waals surface area contributed by atoms with Crippen LogP contribution in [0.1, 0.15) is 22.9 Å². The molecule has 0 aliphatic carbocycles. The van der Waals surface area contributed by atoms with E-state index in [1.54, 1.807) is 29.5 Å². The zero-order valence-electron chi connectivity index (χ0n) is 19.8. The van der Waals surface area contributed by atoms with Crippen LogP contribution in [0.3, 0.4) is 0 Å². The van der Waals surface area contributed by atoms with Crippen molar-refractivity contribution < 1.29 is 19.0 Å². The van der Waals surface area contributed by atoms with E-state index >= 15 is 0 Å². The summed E-state index contributed by atoms with van der Waals surface area (Å²) in [5.74, 6) is 0.758. The quantitative estimate of drug-likeness (QED) is 0.280. The van der Waals surface area contributed by atoms with Gasteiger partial charge in [0.15, 0.2) is 5.13 Å². The average molecular weight is 527 g/mol. The summed E-state index contributed by atoms with van der Waals surface area (Å²) < 4.78 is 16.4. The van der Waals surface area contributed by atoms with Crippen molar-refractivity contribution in [3.63, 3.8) is 0 Å². The molecule has 0 saturated carbocycles. The van der Waals surface area contributed by atoms with E-state index in [1.165, 1.54) is 5.56 Å². The first-order valence-corrected chi connectivity index (χ1v) is 13.0. The van der Waals surface area contributed by atoms with Crippen LogP contribution in [0, 0.1) is 0 Å². The number of aromatic amines is 1. The highest BCUT2D eigenvalue weighted by molar-refractivity contribution is 7.13. The summed E-state index contributed by atoms with van der Waals surface area (Å²) >= 11 is 7.84. The lowest BCUT2D eigenvalue weighted by molar-refractivity contribution is 0.0629. The van der Waals surface area contributed by atoms with Gasteiger partial charge in [0, 0.05) is 46.9 Å². The van der Waals surface area contributed by atoms with Crippen LogP contribution < -0.4 is 10.1 Å². The summed E-state index contributed by atoms with van der Waals surface area (Å²) in [5.41, 5.74) is 4.11. The van der Waals surface area contributed by atoms with Crippen molar-refractivity contribution in [1.29, 1.82) is 0 Å². The Morgan fingerprint density at radius 3 is 2.86 bits per heavy atom. The SMILES string of the molecule is COCCOC(=O)N1CCc2c([nH]c3ccc(Cl)cc23)C1c1ccc(OCCNc2nccs2)cc1. The van der Waals surface area contributed by atoms with Crippen molar-refractivity contribution >= 4 is 45.1 Å². The monoisotopic (exact) mass is 526 g/mol. The molecule has 10 heteroatoms. The van der Waals surface area contributed by atoms with E-state index in [1.807, 2.05) is 47.8 Å². The molecule has 1 unspecified atom stereocenters. The minimum absolute atomic E-state index is 0.204. The Hall–Kier alpha value is -3.27. The van der Waals surface area contributed by atoms with Gasteiger partial charge < -0.3 is 24.5 Å². The minimum Gasteiger partial charge on any atom is -0.492 e. The van der Waals surface area contributed by atoms with Crippen LogP contribution in [0.4, 0.5) is 9.93 Å². The molecule has 188 valence electrons. The molecule has 2 N–H and O–H groups in total. The molecule has 0 radical (unpaired) electrons. The first-order valence-electron chi connectivity index (χ1n) is 11.7. The van der Waals surface area contributed by atoms with Gasteiger partial charge in [-0.1, -0.05) is 23.7 Å². The number of fused-ring (bicyclic) bond motifs is 3. The van der Waals surface area contributed by atoms with Crippen LogP contribution >= 0.6 is 22.9 Å². The summed E-state index contributed by atoms with van der Waals surface area (Å²) in [6, 6.07) is 13.4. The normalized spacial score (nSPS) is 15.1. The maximum absolute atomic E-state index is 13.1. The van der Waals surface area contributed by atoms with Gasteiger partial charge in [-0.15, -0.1) is 11.3 Å². The molecule has 0 spiro atoms. The smallest absolute Gasteiger partial charge is 0.410 e. The van der Waals surface area contributed by atoms with E-state index in [0.717, 1.165) is 33.0 Å². The number of ether oxygens (including phenoxy) is 3. The number of aromatic nitrogens is 2. The van der Waals surface area contributed by atoms with Crippen LogP contribution in [0.2, 0.25) is 5.02 Å². The number of thiazole rings is 1. The summed E-state index contributed by atoms with van der Waals surface area (Å²) in [4.78, 5) is 22.6. The number of hydrogen-bond acceptors (Lipinski definition) is 7. The van der Waals surface area contributed by atoms with Crippen LogP contribution in [0.15, 0.2) is 54.0 Å². The van der Waals surface area contributed by atoms with Gasteiger partial charge in [-0.25, -0.2) is 9.78 Å². The Balaban J connectivity index is 1.37. The van der Waals surface area contributed by atoms with Crippen molar-refractivity contribution in [2.75, 3.05) is 45.3 Å². The van der Waals surface area contributed by atoms with E-state index < -0.39 is 0 Å². The van der Waals surface area contributed by atoms with Gasteiger partial charge in [-0.3, -0.25) is 4.90 Å². The fourth-order valence-electron chi connectivity index (χ4n) is 4.48. The van der Waals surface area contributed by atoms with E-state index in [9.17, 15) is 4.79 Å². The van der Waals surface area contributed by atoms with E-state index in [-0.39, 0.29) is 18.7 Å². The standard InChI is InChI=1S/C26H27ClN4O4S/c1-33-13-14-35-26(32)31-11-8-20-21-16-18(27)4-7-22(21)30-23(20)24(31)17-2-5-19(6-3-17)34-12-9-28-25-29-10-15-36-25/h2-7,10,15-16,24,30H,8-9,11-14H2,1H3,(H,28,29). The Morgan fingerprint density at radius 2 is 2.08 bits per heavy atom. The first kappa shape index (κ1) is 24.4. The van der Waals surface area contributed by atoms with Crippen molar-refractivity contribution in [1.82, 2.24) is 14.9 Å². The number of H-pyrrole nitrogens is 1. The molecule has 0 saturated heterocycles. The molecule has 1 aliphatic heterocycles. The van der Waals surface area contributed by atoms with Crippen molar-refractivity contribution in [2.24, 2.45) is 0 Å². The molecule has 1 amide bonds. The third-order valence-electron chi connectivity index (χ3n) is 6.11. The Bertz CT molecular complexity index is 1310. The number of carbonyl (C=O) groups excluding carboxylic acids is 1. The first-order chi connectivity index (χ1) is 17.6. The Labute approximate surface area is 218 Å². The second kappa shape index (κ2) is 11.2. The second-order valence-electron chi connectivity index (χ2n) is 8.34. The van der Waals surface area contributed by atoms with Gasteiger partial charge in [0.05, 0.1) is 13.2 Å². The minimum atomic E-state index is -0.368. The maximum Gasteiger partial charge on any atom is 0.410 e. The molecular formula is C26H27ClN4O4S. The molecule has 8 nitrogen and oxygen atoms in total. The molecular weight excluding hydrogens is 500 g/mol. The fraction of sp³-hybridized carbons (Fsp3) is 0.308. The number of nitrogens with one attached hydrogen (secondary N) is 2. The van der Waals surface area contributed by atoms with Gasteiger partial charge in [0.2, 0.25) is 0 Å². The van der Waals surface area contributed by atoms with Gasteiger partial charge >= 0.3 is 6.09 Å². The number of rotatable bonds is 9. The van der Waals surface area contributed by atoms with Gasteiger partial charge in [-0.05, 0) is 47.9 Å². The molecule has 36 heavy (non-hydrogen) atoms. The predicted octanol–water partition coefficient (Wildman–Crippen LogP) is 5.50. The maximum atomic E-state index is 13.1. The number of hydrogen-bond donors (Lipinski definition) is 2. The number of carbonyl (C=O) groups is 1. The van der Waals surface area contributed by atoms with Gasteiger partial charge in [0.1, 0.15) is 25.0 Å². The number of nitrogens with zero attached hydrogens (tertiary/aromatic N) is 2. The van der Waals surface area contributed by atoms with Crippen molar-refractivity contribution in [2.45, 2.75) is 12.5 Å². The fourth-order valence-corrected chi connectivity index (χ4v) is 5.21. The topological polar surface area (TPSA) is 88.7 Å². The molecule has 5 rings (SSSR count). The molecule has 4 aromatic rings. The van der Waals surface area contributed by atoms with E-state index in [2.05, 4.69) is 15.3 Å². The lowest BCUT2D eigenvalue weighted by Gasteiger charge is -2.35. The number of benzene rings is 2. The summed E-state index contributed by atoms with van der Waals surface area (Å²) in [6.07, 6.45) is 2.11. The summed E-state index contributed by atoms with van der Waals surface area (Å²) in [5, 5.41) is 7.80. The summed E-state index contributed by atoms with van der Waals surface area (Å²) in [7, 11) is 1.58. The van der Waals surface area contributed by atoms with Gasteiger partial charge in [0.25, 0.3) is 0 Å². The zero-order valence-corrected chi connectivity index (χ0v) is 21.4. The third kappa shape index (κ3) is 5.28. The largest absolute Gasteiger partial charge is 0.492 e. The lowest BCUT2D eigenvalue weighted by atomic mass is 9.92. The Morgan fingerprint density at radius 1 is 1.22 bits per heavy atom. The highest BCUT2D eigenvalue weighted by atomic mass is 35.5. The highest BCUT2D eigenvalue weighted by Gasteiger charge is 2.35. The number of amides is 1. The van der Waals surface area contributed by atoms with Crippen LogP contribution in [-0.4, -0.2) is 61.0 Å². The number of halogens is 1. The van der Waals surface area contributed by atoms with Crippen LogP contribution in [0.25, 0.3) is 10.9 Å². The van der Waals surface area contributed by atoms with E-state index in [4.69, 9.17) is 25.8 Å². The number of anilines is 1. The molecule has 3 heterocycles. The van der Waals surface area contributed by atoms with Crippen molar-refractivity contribution in [3.05, 3.63) is 75.9 Å². The van der Waals surface area contributed by atoms with E-state index in [0.29, 0.717) is 37.7 Å². The molecule has 0 fully saturated rings. The summed E-state index contributed by atoms with van der Waals surface area (Å²) in [6.45, 7) is 2.25. The highest BCUT2D eigenvalue weighted by Crippen LogP contribution is 2.39. The van der Waals surface area contributed by atoms with Gasteiger partial charge in [-0.2, -0.15) is 0 Å². The molecule has 2 aromatic carbocycles. The zero-order chi connectivity index (χ0) is 24.9. The molecule has 1 aliphatic rings. The Kier molecular flexibility index (Phi) is 7.60. The average Bonchev–Trinajstić information content (AvgIpc) is 3.54. The molecule has 2 aromatic heterocycles. The van der Waals surface area contributed by atoms with Crippen LogP contribution in [-0.2, 0) is 15.9 Å². The van der Waals surface area contributed by atoms with Crippen molar-refractivity contribution in [3.8, 4) is 5.75 Å².